The smallest absolute Gasteiger partial charge is 0.310 e. The minimum Gasteiger partial charge on any atom is -0.493 e. The van der Waals surface area contributed by atoms with Crippen molar-refractivity contribution in [1.29, 1.82) is 0 Å². The predicted molar refractivity (Wildman–Crippen MR) is 198 cm³/mol. The van der Waals surface area contributed by atoms with Crippen molar-refractivity contribution < 1.29 is 24.2 Å². The number of unbranched alkanes of at least 4 members (excludes halogenated alkanes) is 4. The monoisotopic (exact) mass is 696 g/mol. The number of carbonyl (C=O) groups is 3. The van der Waals surface area contributed by atoms with Gasteiger partial charge in [0.1, 0.15) is 11.8 Å². The summed E-state index contributed by atoms with van der Waals surface area (Å²) in [4.78, 5) is 50.5. The summed E-state index contributed by atoms with van der Waals surface area (Å²) in [5.74, 6) is -0.632. The zero-order chi connectivity index (χ0) is 35.8. The molecule has 3 heterocycles. The average molecular weight is 697 g/mol. The number of likely N-dealkylation sites (tertiary alicyclic amines) is 1. The fourth-order valence-electron chi connectivity index (χ4n) is 5.86. The van der Waals surface area contributed by atoms with Gasteiger partial charge in [0.05, 0.1) is 17.4 Å². The molecule has 0 unspecified atom stereocenters. The first-order valence-electron chi connectivity index (χ1n) is 17.5. The number of aromatic nitrogens is 2. The van der Waals surface area contributed by atoms with Gasteiger partial charge in [0.25, 0.3) is 5.91 Å². The van der Waals surface area contributed by atoms with Crippen LogP contribution in [-0.4, -0.2) is 63.5 Å². The Kier molecular flexibility index (Phi) is 12.1. The highest BCUT2D eigenvalue weighted by atomic mass is 32.1. The SMILES string of the molecule is CCCCCCCOc1ccc(-c2cnc(-c3ccc(C[C@H](NC(=O)c4ccc(C(C)(C)C)s4)C(=O)N4CC(C(=O)O)C4)cc3)nc2)cc1C. The molecule has 9 nitrogen and oxygen atoms in total. The molecule has 1 atom stereocenters. The number of rotatable bonds is 15. The van der Waals surface area contributed by atoms with E-state index < -0.39 is 17.9 Å². The van der Waals surface area contributed by atoms with Gasteiger partial charge >= 0.3 is 5.97 Å². The summed E-state index contributed by atoms with van der Waals surface area (Å²) in [5.41, 5.74) is 4.58. The van der Waals surface area contributed by atoms with Crippen LogP contribution >= 0.6 is 11.3 Å². The van der Waals surface area contributed by atoms with Crippen LogP contribution in [0.2, 0.25) is 0 Å². The molecule has 264 valence electrons. The number of amides is 2. The summed E-state index contributed by atoms with van der Waals surface area (Å²) in [6.45, 7) is 11.5. The number of nitrogens with one attached hydrogen (secondary N) is 1. The second-order valence-electron chi connectivity index (χ2n) is 14.2. The van der Waals surface area contributed by atoms with Crippen molar-refractivity contribution >= 4 is 29.1 Å². The number of benzene rings is 2. The van der Waals surface area contributed by atoms with Crippen LogP contribution in [-0.2, 0) is 21.4 Å². The molecule has 5 rings (SSSR count). The second kappa shape index (κ2) is 16.4. The Morgan fingerprint density at radius 2 is 1.62 bits per heavy atom. The Morgan fingerprint density at radius 3 is 2.24 bits per heavy atom. The van der Waals surface area contributed by atoms with Gasteiger partial charge < -0.3 is 20.1 Å². The summed E-state index contributed by atoms with van der Waals surface area (Å²) < 4.78 is 6.02. The maximum Gasteiger partial charge on any atom is 0.310 e. The Bertz CT molecular complexity index is 1770. The van der Waals surface area contributed by atoms with E-state index in [1.165, 1.54) is 41.9 Å². The van der Waals surface area contributed by atoms with Gasteiger partial charge in [-0.15, -0.1) is 11.3 Å². The molecule has 2 amide bonds. The topological polar surface area (TPSA) is 122 Å². The van der Waals surface area contributed by atoms with E-state index in [2.05, 4.69) is 56.0 Å². The minimum atomic E-state index is -0.921. The number of nitrogens with zero attached hydrogens (tertiary/aromatic N) is 3. The van der Waals surface area contributed by atoms with E-state index in [4.69, 9.17) is 4.74 Å². The first kappa shape index (κ1) is 36.7. The molecule has 0 spiro atoms. The van der Waals surface area contributed by atoms with Crippen molar-refractivity contribution in [3.63, 3.8) is 0 Å². The minimum absolute atomic E-state index is 0.0968. The third kappa shape index (κ3) is 9.35. The van der Waals surface area contributed by atoms with E-state index >= 15 is 0 Å². The van der Waals surface area contributed by atoms with Crippen molar-refractivity contribution in [1.82, 2.24) is 20.2 Å². The van der Waals surface area contributed by atoms with Crippen molar-refractivity contribution in [3.8, 4) is 28.3 Å². The lowest BCUT2D eigenvalue weighted by molar-refractivity contribution is -0.153. The highest BCUT2D eigenvalue weighted by molar-refractivity contribution is 7.14. The Morgan fingerprint density at radius 1 is 0.940 bits per heavy atom. The highest BCUT2D eigenvalue weighted by Gasteiger charge is 2.39. The number of hydrogen-bond donors (Lipinski definition) is 2. The Hall–Kier alpha value is -4.57. The standard InChI is InChI=1S/C40H48N4O5S/c1-6-7-8-9-10-19-49-33-16-15-29(20-26(33)2)30-22-41-36(42-23-30)28-13-11-27(12-14-28)21-32(38(46)44-24-31(25-44)39(47)48)43-37(45)34-17-18-35(50-34)40(3,4)5/h11-18,20,22-23,31-32H,6-10,19,21,24-25H2,1-5H3,(H,43,45)(H,47,48)/t32-/m0/s1. The number of carbonyl (C=O) groups excluding carboxylic acids is 2. The van der Waals surface area contributed by atoms with Gasteiger partial charge in [-0.1, -0.05) is 83.7 Å². The third-order valence-electron chi connectivity index (χ3n) is 9.03. The number of hydrogen-bond acceptors (Lipinski definition) is 7. The van der Waals surface area contributed by atoms with Gasteiger partial charge in [-0.2, -0.15) is 0 Å². The zero-order valence-electron chi connectivity index (χ0n) is 29.7. The maximum atomic E-state index is 13.5. The van der Waals surface area contributed by atoms with Crippen molar-refractivity contribution in [2.75, 3.05) is 19.7 Å². The molecule has 2 N–H and O–H groups in total. The molecule has 1 aliphatic heterocycles. The molecule has 2 aromatic carbocycles. The Labute approximate surface area is 299 Å². The van der Waals surface area contributed by atoms with Gasteiger partial charge in [0.15, 0.2) is 5.82 Å². The molecule has 0 bridgehead atoms. The molecular weight excluding hydrogens is 649 g/mol. The quantitative estimate of drug-likeness (QED) is 0.122. The van der Waals surface area contributed by atoms with Crippen LogP contribution < -0.4 is 10.1 Å². The maximum absolute atomic E-state index is 13.5. The fraction of sp³-hybridized carbons (Fsp3) is 0.425. The molecule has 0 radical (unpaired) electrons. The number of thiophene rings is 1. The average Bonchev–Trinajstić information content (AvgIpc) is 3.58. The number of aliphatic carboxylic acids is 1. The molecule has 10 heteroatoms. The van der Waals surface area contributed by atoms with Crippen LogP contribution in [0.1, 0.15) is 85.5 Å². The lowest BCUT2D eigenvalue weighted by Gasteiger charge is -2.38. The lowest BCUT2D eigenvalue weighted by atomic mass is 9.95. The summed E-state index contributed by atoms with van der Waals surface area (Å²) in [5, 5.41) is 12.2. The number of aryl methyl sites for hydroxylation is 1. The number of carboxylic acid groups (broad SMARTS) is 1. The third-order valence-corrected chi connectivity index (χ3v) is 10.5. The van der Waals surface area contributed by atoms with E-state index in [1.807, 2.05) is 54.9 Å². The lowest BCUT2D eigenvalue weighted by Crippen LogP contribution is -2.59. The number of ether oxygens (including phenoxy) is 1. The molecule has 1 saturated heterocycles. The van der Waals surface area contributed by atoms with Gasteiger partial charge in [0.2, 0.25) is 5.91 Å². The summed E-state index contributed by atoms with van der Waals surface area (Å²) in [6, 6.07) is 16.7. The first-order chi connectivity index (χ1) is 23.9. The molecule has 4 aromatic rings. The molecule has 1 aliphatic rings. The molecule has 1 fully saturated rings. The van der Waals surface area contributed by atoms with Gasteiger partial charge in [-0.3, -0.25) is 14.4 Å². The van der Waals surface area contributed by atoms with Crippen molar-refractivity contribution in [2.24, 2.45) is 5.92 Å². The molecule has 2 aromatic heterocycles. The summed E-state index contributed by atoms with van der Waals surface area (Å²) >= 11 is 1.41. The van der Waals surface area contributed by atoms with Crippen molar-refractivity contribution in [2.45, 2.75) is 84.6 Å². The van der Waals surface area contributed by atoms with Crippen LogP contribution in [0.5, 0.6) is 5.75 Å². The van der Waals surface area contributed by atoms with E-state index in [0.29, 0.717) is 10.7 Å². The first-order valence-corrected chi connectivity index (χ1v) is 18.3. The largest absolute Gasteiger partial charge is 0.493 e. The van der Waals surface area contributed by atoms with Gasteiger partial charge in [-0.05, 0) is 59.7 Å². The second-order valence-corrected chi connectivity index (χ2v) is 15.2. The van der Waals surface area contributed by atoms with Crippen LogP contribution in [0.25, 0.3) is 22.5 Å². The summed E-state index contributed by atoms with van der Waals surface area (Å²) in [7, 11) is 0. The van der Waals surface area contributed by atoms with E-state index in [1.54, 1.807) is 6.07 Å². The van der Waals surface area contributed by atoms with E-state index in [9.17, 15) is 19.5 Å². The van der Waals surface area contributed by atoms with Gasteiger partial charge in [0, 0.05) is 47.9 Å². The van der Waals surface area contributed by atoms with Crippen LogP contribution in [0, 0.1) is 12.8 Å². The molecule has 50 heavy (non-hydrogen) atoms. The zero-order valence-corrected chi connectivity index (χ0v) is 30.5. The van der Waals surface area contributed by atoms with Gasteiger partial charge in [-0.25, -0.2) is 9.97 Å². The van der Waals surface area contributed by atoms with Crippen molar-refractivity contribution in [3.05, 3.63) is 87.9 Å². The Balaban J connectivity index is 1.23. The molecule has 0 aliphatic carbocycles. The summed E-state index contributed by atoms with van der Waals surface area (Å²) in [6.07, 6.45) is 9.91. The molecule has 0 saturated carbocycles. The molecular formula is C40H48N4O5S. The van der Waals surface area contributed by atoms with Crippen LogP contribution in [0.3, 0.4) is 0 Å². The van der Waals surface area contributed by atoms with E-state index in [0.717, 1.165) is 51.5 Å². The van der Waals surface area contributed by atoms with Crippen LogP contribution in [0.4, 0.5) is 0 Å². The van der Waals surface area contributed by atoms with Crippen LogP contribution in [0.15, 0.2) is 67.0 Å². The van der Waals surface area contributed by atoms with E-state index in [-0.39, 0.29) is 36.7 Å². The number of carboxylic acids is 1. The highest BCUT2D eigenvalue weighted by Crippen LogP contribution is 2.30. The fourth-order valence-corrected chi connectivity index (χ4v) is 6.82. The predicted octanol–water partition coefficient (Wildman–Crippen LogP) is 7.71. The normalized spacial score (nSPS) is 13.8.